The van der Waals surface area contributed by atoms with Crippen molar-refractivity contribution >= 4 is 0 Å². The molecule has 0 aromatic heterocycles. The van der Waals surface area contributed by atoms with Gasteiger partial charge in [0.2, 0.25) is 0 Å². The van der Waals surface area contributed by atoms with Gasteiger partial charge in [0.25, 0.3) is 0 Å². The van der Waals surface area contributed by atoms with E-state index < -0.39 is 0 Å². The Balaban J connectivity index is 1.87. The van der Waals surface area contributed by atoms with Gasteiger partial charge in [-0.05, 0) is 57.0 Å². The molecule has 0 spiro atoms. The zero-order valence-electron chi connectivity index (χ0n) is 14.5. The predicted molar refractivity (Wildman–Crippen MR) is 89.7 cm³/mol. The second kappa shape index (κ2) is 8.50. The molecule has 3 heteroatoms. The number of likely N-dealkylation sites (N-methyl/N-ethyl adjacent to an activating group) is 1. The normalized spacial score (nSPS) is 33.7. The third kappa shape index (κ3) is 5.54. The lowest BCUT2D eigenvalue weighted by molar-refractivity contribution is 0.0462. The molecular formula is C18H36N2O. The number of rotatable bonds is 8. The van der Waals surface area contributed by atoms with Crippen molar-refractivity contribution in [2.75, 3.05) is 39.8 Å². The second-order valence-electron chi connectivity index (χ2n) is 7.71. The van der Waals surface area contributed by atoms with Crippen molar-refractivity contribution < 1.29 is 4.74 Å². The molecule has 1 N–H and O–H groups in total. The van der Waals surface area contributed by atoms with Gasteiger partial charge in [-0.1, -0.05) is 26.7 Å². The first-order chi connectivity index (χ1) is 10.1. The van der Waals surface area contributed by atoms with E-state index in [0.717, 1.165) is 25.6 Å². The highest BCUT2D eigenvalue weighted by Crippen LogP contribution is 2.39. The molecule has 124 valence electrons. The van der Waals surface area contributed by atoms with Crippen LogP contribution in [0.15, 0.2) is 0 Å². The number of hydrogen-bond acceptors (Lipinski definition) is 3. The van der Waals surface area contributed by atoms with E-state index in [2.05, 4.69) is 31.1 Å². The molecule has 1 saturated carbocycles. The molecule has 1 aliphatic carbocycles. The molecule has 0 bridgehead atoms. The average Bonchev–Trinajstić information content (AvgIpc) is 2.91. The number of nitrogens with one attached hydrogen (secondary N) is 1. The lowest BCUT2D eigenvalue weighted by atomic mass is 9.69. The first kappa shape index (κ1) is 17.2. The molecule has 0 radical (unpaired) electrons. The molecule has 1 heterocycles. The van der Waals surface area contributed by atoms with Crippen LogP contribution in [-0.4, -0.2) is 50.8 Å². The van der Waals surface area contributed by atoms with Crippen LogP contribution in [0.5, 0.6) is 0 Å². The van der Waals surface area contributed by atoms with Crippen LogP contribution in [0.4, 0.5) is 0 Å². The van der Waals surface area contributed by atoms with Crippen molar-refractivity contribution in [3.05, 3.63) is 0 Å². The van der Waals surface area contributed by atoms with Crippen LogP contribution in [0.2, 0.25) is 0 Å². The molecule has 1 aliphatic heterocycles. The van der Waals surface area contributed by atoms with Crippen LogP contribution >= 0.6 is 0 Å². The highest BCUT2D eigenvalue weighted by molar-refractivity contribution is 4.90. The molecule has 3 nitrogen and oxygen atoms in total. The summed E-state index contributed by atoms with van der Waals surface area (Å²) in [4.78, 5) is 2.54. The fraction of sp³-hybridized carbons (Fsp3) is 1.00. The Morgan fingerprint density at radius 2 is 2.14 bits per heavy atom. The van der Waals surface area contributed by atoms with E-state index in [4.69, 9.17) is 4.74 Å². The van der Waals surface area contributed by atoms with Crippen LogP contribution in [0.1, 0.15) is 58.8 Å². The second-order valence-corrected chi connectivity index (χ2v) is 7.71. The summed E-state index contributed by atoms with van der Waals surface area (Å²) in [6.45, 7) is 10.4. The van der Waals surface area contributed by atoms with E-state index >= 15 is 0 Å². The molecule has 3 unspecified atom stereocenters. The predicted octanol–water partition coefficient (Wildman–Crippen LogP) is 3.29. The van der Waals surface area contributed by atoms with E-state index in [1.165, 1.54) is 58.0 Å². The minimum Gasteiger partial charge on any atom is -0.377 e. The van der Waals surface area contributed by atoms with Crippen LogP contribution in [0.3, 0.4) is 0 Å². The highest BCUT2D eigenvalue weighted by atomic mass is 16.5. The molecule has 0 amide bonds. The lowest BCUT2D eigenvalue weighted by Gasteiger charge is -2.43. The van der Waals surface area contributed by atoms with Crippen molar-refractivity contribution in [2.45, 2.75) is 64.9 Å². The molecule has 0 aromatic carbocycles. The van der Waals surface area contributed by atoms with Gasteiger partial charge < -0.3 is 15.0 Å². The number of hydrogen-bond donors (Lipinski definition) is 1. The van der Waals surface area contributed by atoms with E-state index in [9.17, 15) is 0 Å². The Morgan fingerprint density at radius 3 is 2.81 bits per heavy atom. The number of ether oxygens (including phenoxy) is 1. The van der Waals surface area contributed by atoms with Crippen LogP contribution in [-0.2, 0) is 4.74 Å². The van der Waals surface area contributed by atoms with Gasteiger partial charge in [-0.15, -0.1) is 0 Å². The molecule has 3 atom stereocenters. The van der Waals surface area contributed by atoms with Gasteiger partial charge >= 0.3 is 0 Å². The molecule has 1 saturated heterocycles. The van der Waals surface area contributed by atoms with Gasteiger partial charge in [0.15, 0.2) is 0 Å². The van der Waals surface area contributed by atoms with Gasteiger partial charge in [-0.3, -0.25) is 0 Å². The van der Waals surface area contributed by atoms with Gasteiger partial charge in [-0.25, -0.2) is 0 Å². The smallest absolute Gasteiger partial charge is 0.0702 e. The van der Waals surface area contributed by atoms with Crippen LogP contribution < -0.4 is 5.32 Å². The summed E-state index contributed by atoms with van der Waals surface area (Å²) in [5.41, 5.74) is 0.486. The minimum absolute atomic E-state index is 0.483. The van der Waals surface area contributed by atoms with E-state index in [0.29, 0.717) is 11.5 Å². The zero-order chi connectivity index (χ0) is 15.1. The number of nitrogens with zero attached hydrogens (tertiary/aromatic N) is 1. The average molecular weight is 296 g/mol. The summed E-state index contributed by atoms with van der Waals surface area (Å²) >= 11 is 0. The van der Waals surface area contributed by atoms with Crippen LogP contribution in [0.25, 0.3) is 0 Å². The summed E-state index contributed by atoms with van der Waals surface area (Å²) in [5, 5.41) is 3.71. The SMILES string of the molecule is CCCNCC1(CN(C)CC2CCCO2)CCCC(C)C1. The first-order valence-corrected chi connectivity index (χ1v) is 9.14. The maximum atomic E-state index is 5.81. The van der Waals surface area contributed by atoms with Crippen molar-refractivity contribution in [1.29, 1.82) is 0 Å². The van der Waals surface area contributed by atoms with Gasteiger partial charge in [0.05, 0.1) is 6.10 Å². The largest absolute Gasteiger partial charge is 0.377 e. The van der Waals surface area contributed by atoms with Crippen molar-refractivity contribution in [2.24, 2.45) is 11.3 Å². The quantitative estimate of drug-likeness (QED) is 0.696. The van der Waals surface area contributed by atoms with Crippen molar-refractivity contribution in [3.63, 3.8) is 0 Å². The summed E-state index contributed by atoms with van der Waals surface area (Å²) in [5.74, 6) is 0.887. The zero-order valence-corrected chi connectivity index (χ0v) is 14.5. The third-order valence-corrected chi connectivity index (χ3v) is 5.26. The summed E-state index contributed by atoms with van der Waals surface area (Å²) in [7, 11) is 2.29. The molecular weight excluding hydrogens is 260 g/mol. The van der Waals surface area contributed by atoms with E-state index in [1.54, 1.807) is 0 Å². The van der Waals surface area contributed by atoms with Gasteiger partial charge in [0, 0.05) is 26.2 Å². The molecule has 0 aromatic rings. The minimum atomic E-state index is 0.483. The summed E-state index contributed by atoms with van der Waals surface area (Å²) < 4.78 is 5.81. The summed E-state index contributed by atoms with van der Waals surface area (Å²) in [6.07, 6.45) is 9.83. The third-order valence-electron chi connectivity index (χ3n) is 5.26. The fourth-order valence-corrected chi connectivity index (χ4v) is 4.43. The fourth-order valence-electron chi connectivity index (χ4n) is 4.43. The topological polar surface area (TPSA) is 24.5 Å². The van der Waals surface area contributed by atoms with E-state index in [1.807, 2.05) is 0 Å². The van der Waals surface area contributed by atoms with Crippen molar-refractivity contribution in [1.82, 2.24) is 10.2 Å². The van der Waals surface area contributed by atoms with E-state index in [-0.39, 0.29) is 0 Å². The van der Waals surface area contributed by atoms with Gasteiger partial charge in [0.1, 0.15) is 0 Å². The maximum absolute atomic E-state index is 5.81. The molecule has 2 aliphatic rings. The Kier molecular flexibility index (Phi) is 6.97. The highest BCUT2D eigenvalue weighted by Gasteiger charge is 2.36. The standard InChI is InChI=1S/C18H36N2O/c1-4-10-19-14-18(9-5-7-16(2)12-18)15-20(3)13-17-8-6-11-21-17/h16-17,19H,4-15H2,1-3H3. The lowest BCUT2D eigenvalue weighted by Crippen LogP contribution is -2.47. The maximum Gasteiger partial charge on any atom is 0.0702 e. The molecule has 2 rings (SSSR count). The monoisotopic (exact) mass is 296 g/mol. The molecule has 2 fully saturated rings. The van der Waals surface area contributed by atoms with Gasteiger partial charge in [-0.2, -0.15) is 0 Å². The van der Waals surface area contributed by atoms with Crippen LogP contribution in [0, 0.1) is 11.3 Å². The summed E-state index contributed by atoms with van der Waals surface area (Å²) in [6, 6.07) is 0. The Hall–Kier alpha value is -0.120. The first-order valence-electron chi connectivity index (χ1n) is 9.14. The Bertz CT molecular complexity index is 291. The molecule has 21 heavy (non-hydrogen) atoms. The van der Waals surface area contributed by atoms with Crippen molar-refractivity contribution in [3.8, 4) is 0 Å². The Morgan fingerprint density at radius 1 is 1.29 bits per heavy atom. The Labute approximate surface area is 131 Å².